The molecule has 0 heterocycles. The maximum absolute atomic E-state index is 10.1. The molecule has 0 aromatic heterocycles. The van der Waals surface area contributed by atoms with Gasteiger partial charge in [-0.3, -0.25) is 0 Å². The lowest BCUT2D eigenvalue weighted by Crippen LogP contribution is -2.18. The van der Waals surface area contributed by atoms with Crippen LogP contribution < -0.4 is 5.32 Å². The molecule has 1 aromatic carbocycles. The predicted octanol–water partition coefficient (Wildman–Crippen LogP) is 0.0868. The highest BCUT2D eigenvalue weighted by Crippen LogP contribution is 2.32. The lowest BCUT2D eigenvalue weighted by molar-refractivity contribution is 0.403. The summed E-state index contributed by atoms with van der Waals surface area (Å²) in [4.78, 5) is 28.1. The lowest BCUT2D eigenvalue weighted by Gasteiger charge is -2.09. The van der Waals surface area contributed by atoms with Crippen LogP contribution in [0.15, 0.2) is 18.2 Å². The Morgan fingerprint density at radius 1 is 1.24 bits per heavy atom. The predicted molar refractivity (Wildman–Crippen MR) is 63.4 cm³/mol. The number of hydrogen-bond donors (Lipinski definition) is 5. The van der Waals surface area contributed by atoms with Crippen LogP contribution in [0, 0.1) is 0 Å². The van der Waals surface area contributed by atoms with E-state index in [2.05, 4.69) is 5.32 Å². The molecular weight excluding hydrogens is 245 g/mol. The van der Waals surface area contributed by atoms with Gasteiger partial charge in [-0.05, 0) is 30.7 Å². The van der Waals surface area contributed by atoms with Crippen molar-refractivity contribution >= 4 is 13.0 Å². The highest BCUT2D eigenvalue weighted by molar-refractivity contribution is 7.62. The average molecular weight is 259 g/mol. The van der Waals surface area contributed by atoms with E-state index < -0.39 is 7.34 Å². The minimum atomic E-state index is -3.57. The Morgan fingerprint density at radius 2 is 1.94 bits per heavy atom. The van der Waals surface area contributed by atoms with Crippen LogP contribution in [-0.2, 0) is 11.2 Å². The lowest BCUT2D eigenvalue weighted by atomic mass is 10.1. The first kappa shape index (κ1) is 13.8. The molecule has 0 atom stereocenters. The Bertz CT molecular complexity index is 464. The Morgan fingerprint density at radius 3 is 2.53 bits per heavy atom. The number of phenolic OH excluding ortho intramolecular Hbond substituents is 2. The fourth-order valence-corrected chi connectivity index (χ4v) is 1.76. The third-order valence-corrected chi connectivity index (χ3v) is 3.07. The summed E-state index contributed by atoms with van der Waals surface area (Å²) >= 11 is 0. The first-order valence-electron chi connectivity index (χ1n) is 4.89. The second-order valence-electron chi connectivity index (χ2n) is 3.55. The first-order valence-corrected chi connectivity index (χ1v) is 6.77. The van der Waals surface area contributed by atoms with Crippen molar-refractivity contribution in [2.75, 3.05) is 12.8 Å². The monoisotopic (exact) mass is 259 g/mol. The molecule has 0 radical (unpaired) electrons. The van der Waals surface area contributed by atoms with Crippen molar-refractivity contribution < 1.29 is 24.8 Å². The number of phenols is 2. The molecule has 0 aliphatic rings. The highest BCUT2D eigenvalue weighted by Gasteiger charge is 2.08. The minimum absolute atomic E-state index is 0.187. The zero-order chi connectivity index (χ0) is 12.9. The van der Waals surface area contributed by atoms with E-state index in [9.17, 15) is 9.90 Å². The van der Waals surface area contributed by atoms with Crippen molar-refractivity contribution in [2.45, 2.75) is 6.42 Å². The zero-order valence-electron chi connectivity index (χ0n) is 9.00. The summed E-state index contributed by atoms with van der Waals surface area (Å²) in [6.07, 6.45) is 0.313. The Kier molecular flexibility index (Phi) is 4.75. The smallest absolute Gasteiger partial charge is 0.217 e. The molecule has 0 bridgehead atoms. The van der Waals surface area contributed by atoms with Gasteiger partial charge in [0.25, 0.3) is 0 Å². The van der Waals surface area contributed by atoms with Crippen LogP contribution in [0.25, 0.3) is 0 Å². The van der Waals surface area contributed by atoms with Crippen LogP contribution in [0.2, 0.25) is 0 Å². The number of hydrogen-bond acceptors (Lipinski definition) is 6. The van der Waals surface area contributed by atoms with E-state index in [0.717, 1.165) is 5.56 Å². The average Bonchev–Trinajstić information content (AvgIpc) is 2.29. The van der Waals surface area contributed by atoms with E-state index in [1.54, 1.807) is 6.07 Å². The normalized spacial score (nSPS) is 11.2. The van der Waals surface area contributed by atoms with Gasteiger partial charge < -0.3 is 25.3 Å². The van der Waals surface area contributed by atoms with E-state index in [0.29, 0.717) is 13.0 Å². The standard InChI is InChI=1S/C10H14NO5P/c12-7-17(15,16)6-11-4-3-8-1-2-9(13)10(14)5-8/h1-2,5,11,13-16H,3-4,6H2. The molecule has 6 nitrogen and oxygen atoms in total. The van der Waals surface area contributed by atoms with Crippen molar-refractivity contribution in [3.05, 3.63) is 23.8 Å². The summed E-state index contributed by atoms with van der Waals surface area (Å²) in [6, 6.07) is 4.44. The second kappa shape index (κ2) is 5.87. The van der Waals surface area contributed by atoms with Gasteiger partial charge in [-0.2, -0.15) is 0 Å². The van der Waals surface area contributed by atoms with Gasteiger partial charge in [-0.1, -0.05) is 6.07 Å². The molecule has 7 heteroatoms. The molecular formula is C10H14NO5P. The van der Waals surface area contributed by atoms with Crippen LogP contribution in [0.4, 0.5) is 0 Å². The molecule has 0 fully saturated rings. The van der Waals surface area contributed by atoms with E-state index >= 15 is 0 Å². The molecule has 1 aromatic rings. The van der Waals surface area contributed by atoms with Gasteiger partial charge in [0.1, 0.15) is 0 Å². The SMILES string of the molecule is O=C=P(O)(O)CNCCc1ccc(O)c(O)c1. The molecule has 5 N–H and O–H groups in total. The van der Waals surface area contributed by atoms with Crippen LogP contribution in [-0.4, -0.2) is 38.5 Å². The molecule has 0 spiro atoms. The summed E-state index contributed by atoms with van der Waals surface area (Å²) < 4.78 is 0. The van der Waals surface area contributed by atoms with Gasteiger partial charge in [-0.25, -0.2) is 4.79 Å². The maximum atomic E-state index is 10.1. The van der Waals surface area contributed by atoms with Crippen LogP contribution in [0.3, 0.4) is 0 Å². The molecule has 0 aliphatic heterocycles. The van der Waals surface area contributed by atoms with Crippen molar-refractivity contribution in [3.63, 3.8) is 0 Å². The molecule has 0 saturated heterocycles. The summed E-state index contributed by atoms with van der Waals surface area (Å²) in [7, 11) is -3.57. The number of aromatic hydroxyl groups is 2. The fraction of sp³-hybridized carbons (Fsp3) is 0.300. The summed E-state index contributed by atoms with van der Waals surface area (Å²) in [5.74, 6) is -0.386. The second-order valence-corrected chi connectivity index (χ2v) is 5.51. The fourth-order valence-electron chi connectivity index (χ4n) is 1.22. The molecule has 0 amide bonds. The number of rotatable bonds is 5. The molecule has 0 saturated carbocycles. The van der Waals surface area contributed by atoms with Crippen LogP contribution >= 0.6 is 7.34 Å². The molecule has 1 rings (SSSR count). The highest BCUT2D eigenvalue weighted by atomic mass is 31.2. The van der Waals surface area contributed by atoms with Gasteiger partial charge in [0.2, 0.25) is 7.34 Å². The topological polar surface area (TPSA) is 110 Å². The molecule has 0 unspecified atom stereocenters. The van der Waals surface area contributed by atoms with E-state index in [4.69, 9.17) is 14.9 Å². The van der Waals surface area contributed by atoms with Crippen LogP contribution in [0.5, 0.6) is 11.5 Å². The van der Waals surface area contributed by atoms with E-state index in [1.807, 2.05) is 0 Å². The van der Waals surface area contributed by atoms with Gasteiger partial charge in [0, 0.05) is 0 Å². The minimum Gasteiger partial charge on any atom is -0.504 e. The third kappa shape index (κ3) is 4.61. The largest absolute Gasteiger partial charge is 0.504 e. The number of nitrogens with one attached hydrogen (secondary N) is 1. The number of benzene rings is 1. The molecule has 17 heavy (non-hydrogen) atoms. The van der Waals surface area contributed by atoms with Crippen LogP contribution in [0.1, 0.15) is 5.56 Å². The molecule has 0 aliphatic carbocycles. The Hall–Kier alpha value is -1.29. The quantitative estimate of drug-likeness (QED) is 0.291. The zero-order valence-corrected chi connectivity index (χ0v) is 9.89. The van der Waals surface area contributed by atoms with Crippen molar-refractivity contribution in [2.24, 2.45) is 0 Å². The van der Waals surface area contributed by atoms with E-state index in [-0.39, 0.29) is 17.8 Å². The van der Waals surface area contributed by atoms with Gasteiger partial charge in [0.15, 0.2) is 17.2 Å². The summed E-state index contributed by atoms with van der Waals surface area (Å²) in [6.45, 7) is 0.411. The van der Waals surface area contributed by atoms with Crippen molar-refractivity contribution in [1.82, 2.24) is 5.32 Å². The van der Waals surface area contributed by atoms with Gasteiger partial charge in [0.05, 0.1) is 6.29 Å². The van der Waals surface area contributed by atoms with Crippen molar-refractivity contribution in [3.8, 4) is 11.5 Å². The summed E-state index contributed by atoms with van der Waals surface area (Å²) in [5, 5.41) is 21.0. The van der Waals surface area contributed by atoms with Crippen molar-refractivity contribution in [1.29, 1.82) is 0 Å². The Labute approximate surface area is 98.3 Å². The summed E-state index contributed by atoms with van der Waals surface area (Å²) in [5.41, 5.74) is 1.97. The number of carbonyl (C=O) groups excluding carboxylic acids is 1. The Balaban J connectivity index is 2.42. The maximum Gasteiger partial charge on any atom is 0.217 e. The third-order valence-electron chi connectivity index (χ3n) is 2.11. The van der Waals surface area contributed by atoms with E-state index in [1.165, 1.54) is 17.8 Å². The molecule has 94 valence electrons. The van der Waals surface area contributed by atoms with Gasteiger partial charge in [-0.15, -0.1) is 0 Å². The van der Waals surface area contributed by atoms with Gasteiger partial charge >= 0.3 is 0 Å². The first-order chi connectivity index (χ1) is 7.94.